The lowest BCUT2D eigenvalue weighted by molar-refractivity contribution is 0.0785. The Hall–Kier alpha value is -0.550. The molecule has 5 heteroatoms. The Labute approximate surface area is 117 Å². The molecule has 1 unspecified atom stereocenters. The van der Waals surface area contributed by atoms with Crippen molar-refractivity contribution in [3.8, 4) is 5.75 Å². The van der Waals surface area contributed by atoms with Crippen LogP contribution >= 0.6 is 31.9 Å². The van der Waals surface area contributed by atoms with Crippen molar-refractivity contribution in [1.29, 1.82) is 0 Å². The zero-order valence-corrected chi connectivity index (χ0v) is 12.4. The van der Waals surface area contributed by atoms with Gasteiger partial charge in [-0.05, 0) is 30.5 Å². The Balaban J connectivity index is 2.17. The molecule has 17 heavy (non-hydrogen) atoms. The van der Waals surface area contributed by atoms with Crippen molar-refractivity contribution in [3.63, 3.8) is 0 Å². The van der Waals surface area contributed by atoms with E-state index in [1.54, 1.807) is 17.0 Å². The summed E-state index contributed by atoms with van der Waals surface area (Å²) in [6.07, 6.45) is 1.02. The van der Waals surface area contributed by atoms with Crippen LogP contribution in [0.4, 0.5) is 0 Å². The van der Waals surface area contributed by atoms with Gasteiger partial charge in [0, 0.05) is 22.9 Å². The van der Waals surface area contributed by atoms with E-state index in [9.17, 15) is 9.90 Å². The van der Waals surface area contributed by atoms with Crippen LogP contribution in [0.5, 0.6) is 5.75 Å². The first-order chi connectivity index (χ1) is 8.11. The average molecular weight is 363 g/mol. The summed E-state index contributed by atoms with van der Waals surface area (Å²) in [5.74, 6) is 0.473. The summed E-state index contributed by atoms with van der Waals surface area (Å²) < 4.78 is 0.801. The second-order valence-electron chi connectivity index (χ2n) is 4.22. The fraction of sp³-hybridized carbons (Fsp3) is 0.417. The summed E-state index contributed by atoms with van der Waals surface area (Å²) in [5, 5.41) is 10.6. The zero-order valence-electron chi connectivity index (χ0n) is 9.20. The fourth-order valence-corrected chi connectivity index (χ4v) is 2.88. The molecule has 1 fully saturated rings. The van der Waals surface area contributed by atoms with Gasteiger partial charge in [-0.1, -0.05) is 31.9 Å². The Morgan fingerprint density at radius 1 is 1.53 bits per heavy atom. The largest absolute Gasteiger partial charge is 0.507 e. The standard InChI is InChI=1S/C12H13Br2NO2/c13-6-8-3-4-15(7-8)12(17)10-5-9(14)1-2-11(10)16/h1-2,5,8,16H,3-4,6-7H2. The van der Waals surface area contributed by atoms with Crippen LogP contribution < -0.4 is 0 Å². The van der Waals surface area contributed by atoms with E-state index in [0.29, 0.717) is 11.5 Å². The lowest BCUT2D eigenvalue weighted by Gasteiger charge is -2.17. The van der Waals surface area contributed by atoms with E-state index in [0.717, 1.165) is 29.3 Å². The molecule has 1 atom stereocenters. The van der Waals surface area contributed by atoms with E-state index in [1.165, 1.54) is 6.07 Å². The molecule has 1 aliphatic heterocycles. The van der Waals surface area contributed by atoms with Gasteiger partial charge in [-0.3, -0.25) is 4.79 Å². The summed E-state index contributed by atoms with van der Waals surface area (Å²) in [6, 6.07) is 4.92. The molecule has 1 N–H and O–H groups in total. The van der Waals surface area contributed by atoms with Crippen LogP contribution in [0.3, 0.4) is 0 Å². The number of phenolic OH excluding ortho intramolecular Hbond substituents is 1. The van der Waals surface area contributed by atoms with Crippen molar-refractivity contribution >= 4 is 37.8 Å². The number of phenols is 1. The molecule has 1 heterocycles. The van der Waals surface area contributed by atoms with E-state index in [4.69, 9.17) is 0 Å². The second-order valence-corrected chi connectivity index (χ2v) is 5.78. The van der Waals surface area contributed by atoms with Crippen LogP contribution in [0.2, 0.25) is 0 Å². The SMILES string of the molecule is O=C(c1cc(Br)ccc1O)N1CCC(CBr)C1. The third-order valence-electron chi connectivity index (χ3n) is 2.98. The molecule has 1 aromatic carbocycles. The first-order valence-corrected chi connectivity index (χ1v) is 7.37. The topological polar surface area (TPSA) is 40.5 Å². The summed E-state index contributed by atoms with van der Waals surface area (Å²) >= 11 is 6.75. The molecule has 0 radical (unpaired) electrons. The minimum absolute atomic E-state index is 0.0421. The van der Waals surface area contributed by atoms with Gasteiger partial charge < -0.3 is 10.0 Å². The third kappa shape index (κ3) is 2.83. The van der Waals surface area contributed by atoms with Gasteiger partial charge in [-0.15, -0.1) is 0 Å². The average Bonchev–Trinajstić information content (AvgIpc) is 2.80. The molecular weight excluding hydrogens is 350 g/mol. The van der Waals surface area contributed by atoms with Gasteiger partial charge in [-0.25, -0.2) is 0 Å². The molecule has 1 saturated heterocycles. The van der Waals surface area contributed by atoms with Gasteiger partial charge in [0.15, 0.2) is 0 Å². The van der Waals surface area contributed by atoms with Gasteiger partial charge in [0.05, 0.1) is 5.56 Å². The third-order valence-corrected chi connectivity index (χ3v) is 4.39. The first kappa shape index (κ1) is 12.9. The molecular formula is C12H13Br2NO2. The normalized spacial score (nSPS) is 19.6. The number of alkyl halides is 1. The number of aromatic hydroxyl groups is 1. The molecule has 1 aliphatic rings. The Morgan fingerprint density at radius 3 is 2.94 bits per heavy atom. The molecule has 1 amide bonds. The predicted molar refractivity (Wildman–Crippen MR) is 73.6 cm³/mol. The number of amides is 1. The number of rotatable bonds is 2. The number of hydrogen-bond acceptors (Lipinski definition) is 2. The number of likely N-dealkylation sites (tertiary alicyclic amines) is 1. The van der Waals surface area contributed by atoms with Crippen LogP contribution in [0.25, 0.3) is 0 Å². The molecule has 92 valence electrons. The van der Waals surface area contributed by atoms with Crippen molar-refractivity contribution in [2.75, 3.05) is 18.4 Å². The molecule has 3 nitrogen and oxygen atoms in total. The van der Waals surface area contributed by atoms with Crippen LogP contribution in [0.1, 0.15) is 16.8 Å². The molecule has 0 aromatic heterocycles. The second kappa shape index (κ2) is 5.40. The van der Waals surface area contributed by atoms with Crippen molar-refractivity contribution < 1.29 is 9.90 Å². The quantitative estimate of drug-likeness (QED) is 0.821. The molecule has 0 saturated carbocycles. The maximum Gasteiger partial charge on any atom is 0.257 e. The lowest BCUT2D eigenvalue weighted by Crippen LogP contribution is -2.28. The van der Waals surface area contributed by atoms with Crippen LogP contribution in [0, 0.1) is 5.92 Å². The van der Waals surface area contributed by atoms with E-state index in [2.05, 4.69) is 31.9 Å². The molecule has 1 aromatic rings. The summed E-state index contributed by atoms with van der Waals surface area (Å²) in [5.41, 5.74) is 0.370. The first-order valence-electron chi connectivity index (χ1n) is 5.45. The number of nitrogens with zero attached hydrogens (tertiary/aromatic N) is 1. The van der Waals surface area contributed by atoms with Crippen molar-refractivity contribution in [2.45, 2.75) is 6.42 Å². The van der Waals surface area contributed by atoms with Crippen LogP contribution in [-0.2, 0) is 0 Å². The molecule has 0 bridgehead atoms. The number of carbonyl (C=O) groups excluding carboxylic acids is 1. The van der Waals surface area contributed by atoms with Gasteiger partial charge in [-0.2, -0.15) is 0 Å². The summed E-state index contributed by atoms with van der Waals surface area (Å²) in [4.78, 5) is 14.0. The van der Waals surface area contributed by atoms with E-state index >= 15 is 0 Å². The molecule has 0 spiro atoms. The Kier molecular flexibility index (Phi) is 4.09. The van der Waals surface area contributed by atoms with Crippen LogP contribution in [-0.4, -0.2) is 34.3 Å². The smallest absolute Gasteiger partial charge is 0.257 e. The van der Waals surface area contributed by atoms with Gasteiger partial charge >= 0.3 is 0 Å². The number of benzene rings is 1. The minimum Gasteiger partial charge on any atom is -0.507 e. The predicted octanol–water partition coefficient (Wildman–Crippen LogP) is 3.01. The molecule has 2 rings (SSSR count). The molecule has 0 aliphatic carbocycles. The van der Waals surface area contributed by atoms with Crippen molar-refractivity contribution in [1.82, 2.24) is 4.90 Å². The maximum atomic E-state index is 12.2. The summed E-state index contributed by atoms with van der Waals surface area (Å²) in [7, 11) is 0. The van der Waals surface area contributed by atoms with Crippen molar-refractivity contribution in [3.05, 3.63) is 28.2 Å². The highest BCUT2D eigenvalue weighted by atomic mass is 79.9. The number of halogens is 2. The lowest BCUT2D eigenvalue weighted by atomic mass is 10.1. The summed E-state index contributed by atoms with van der Waals surface area (Å²) in [6.45, 7) is 1.52. The highest BCUT2D eigenvalue weighted by Gasteiger charge is 2.27. The van der Waals surface area contributed by atoms with E-state index in [-0.39, 0.29) is 11.7 Å². The van der Waals surface area contributed by atoms with Crippen LogP contribution in [0.15, 0.2) is 22.7 Å². The highest BCUT2D eigenvalue weighted by Crippen LogP contribution is 2.26. The van der Waals surface area contributed by atoms with Gasteiger partial charge in [0.25, 0.3) is 5.91 Å². The highest BCUT2D eigenvalue weighted by molar-refractivity contribution is 9.10. The van der Waals surface area contributed by atoms with E-state index < -0.39 is 0 Å². The minimum atomic E-state index is -0.0905. The van der Waals surface area contributed by atoms with E-state index in [1.807, 2.05) is 0 Å². The van der Waals surface area contributed by atoms with Gasteiger partial charge in [0.2, 0.25) is 0 Å². The number of carbonyl (C=O) groups is 1. The number of hydrogen-bond donors (Lipinski definition) is 1. The van der Waals surface area contributed by atoms with Crippen molar-refractivity contribution in [2.24, 2.45) is 5.92 Å². The monoisotopic (exact) mass is 361 g/mol. The Bertz CT molecular complexity index is 437. The maximum absolute atomic E-state index is 12.2. The fourth-order valence-electron chi connectivity index (χ4n) is 1.99. The zero-order chi connectivity index (χ0) is 12.4. The van der Waals surface area contributed by atoms with Gasteiger partial charge in [0.1, 0.15) is 5.75 Å². The Morgan fingerprint density at radius 2 is 2.29 bits per heavy atom.